The van der Waals surface area contributed by atoms with Crippen molar-refractivity contribution in [2.24, 2.45) is 5.10 Å². The zero-order chi connectivity index (χ0) is 18.4. The molecule has 3 aromatic rings. The van der Waals surface area contributed by atoms with E-state index < -0.39 is 0 Å². The van der Waals surface area contributed by atoms with Crippen LogP contribution in [0.4, 0.5) is 5.69 Å². The lowest BCUT2D eigenvalue weighted by Crippen LogP contribution is -2.17. The number of anilines is 1. The van der Waals surface area contributed by atoms with Gasteiger partial charge in [0.1, 0.15) is 0 Å². The summed E-state index contributed by atoms with van der Waals surface area (Å²) in [6.45, 7) is 1.99. The van der Waals surface area contributed by atoms with Gasteiger partial charge in [0.05, 0.1) is 6.21 Å². The molecular formula is C20H17N3O2S. The maximum absolute atomic E-state index is 12.1. The second-order valence-corrected chi connectivity index (χ2v) is 6.51. The average Bonchev–Trinajstić information content (AvgIpc) is 3.08. The highest BCUT2D eigenvalue weighted by Gasteiger charge is 2.07. The Bertz CT molecular complexity index is 931. The maximum Gasteiger partial charge on any atom is 0.271 e. The van der Waals surface area contributed by atoms with Gasteiger partial charge in [0, 0.05) is 21.7 Å². The molecule has 0 fully saturated rings. The van der Waals surface area contributed by atoms with Crippen molar-refractivity contribution in [3.05, 3.63) is 87.6 Å². The Hall–Kier alpha value is -3.25. The van der Waals surface area contributed by atoms with E-state index >= 15 is 0 Å². The molecule has 26 heavy (non-hydrogen) atoms. The van der Waals surface area contributed by atoms with Crippen LogP contribution in [0.3, 0.4) is 0 Å². The number of nitrogens with zero attached hydrogens (tertiary/aromatic N) is 1. The van der Waals surface area contributed by atoms with Crippen molar-refractivity contribution in [3.8, 4) is 0 Å². The Balaban J connectivity index is 1.58. The summed E-state index contributed by atoms with van der Waals surface area (Å²) < 4.78 is 0. The van der Waals surface area contributed by atoms with E-state index in [-0.39, 0.29) is 11.8 Å². The molecule has 2 N–H and O–H groups in total. The number of carbonyl (C=O) groups is 2. The van der Waals surface area contributed by atoms with Crippen LogP contribution in [0.5, 0.6) is 0 Å². The number of hydrogen-bond acceptors (Lipinski definition) is 4. The molecule has 5 nitrogen and oxygen atoms in total. The molecular weight excluding hydrogens is 346 g/mol. The quantitative estimate of drug-likeness (QED) is 0.530. The summed E-state index contributed by atoms with van der Waals surface area (Å²) in [7, 11) is 0. The van der Waals surface area contributed by atoms with Gasteiger partial charge in [-0.2, -0.15) is 5.10 Å². The lowest BCUT2D eigenvalue weighted by molar-refractivity contribution is 0.0954. The van der Waals surface area contributed by atoms with Gasteiger partial charge in [-0.05, 0) is 60.3 Å². The third-order valence-corrected chi connectivity index (χ3v) is 4.64. The summed E-state index contributed by atoms with van der Waals surface area (Å²) in [5, 5.41) is 8.74. The van der Waals surface area contributed by atoms with Crippen LogP contribution in [-0.4, -0.2) is 18.0 Å². The highest BCUT2D eigenvalue weighted by Crippen LogP contribution is 2.13. The lowest BCUT2D eigenvalue weighted by Gasteiger charge is -2.06. The second-order valence-electron chi connectivity index (χ2n) is 5.56. The summed E-state index contributed by atoms with van der Waals surface area (Å²) in [4.78, 5) is 25.2. The van der Waals surface area contributed by atoms with E-state index in [9.17, 15) is 9.59 Å². The third kappa shape index (κ3) is 4.43. The van der Waals surface area contributed by atoms with E-state index in [0.29, 0.717) is 16.8 Å². The van der Waals surface area contributed by atoms with Crippen LogP contribution < -0.4 is 10.7 Å². The number of carbonyl (C=O) groups excluding carboxylic acids is 2. The zero-order valence-electron chi connectivity index (χ0n) is 14.1. The van der Waals surface area contributed by atoms with E-state index in [1.165, 1.54) is 0 Å². The summed E-state index contributed by atoms with van der Waals surface area (Å²) in [6, 6.07) is 17.6. The SMILES string of the molecule is Cc1ccsc1/C=N/NC(=O)c1ccc(NC(=O)c2ccccc2)cc1. The molecule has 130 valence electrons. The minimum absolute atomic E-state index is 0.196. The molecule has 1 heterocycles. The van der Waals surface area contributed by atoms with Crippen LogP contribution >= 0.6 is 11.3 Å². The standard InChI is InChI=1S/C20H17N3O2S/c1-14-11-12-26-18(14)13-21-23-20(25)16-7-9-17(10-8-16)22-19(24)15-5-3-2-4-6-15/h2-13H,1H3,(H,22,24)(H,23,25)/b21-13+. The predicted molar refractivity (Wildman–Crippen MR) is 105 cm³/mol. The van der Waals surface area contributed by atoms with E-state index in [4.69, 9.17) is 0 Å². The predicted octanol–water partition coefficient (Wildman–Crippen LogP) is 4.07. The Morgan fingerprint density at radius 3 is 2.27 bits per heavy atom. The first-order valence-electron chi connectivity index (χ1n) is 7.97. The Morgan fingerprint density at radius 1 is 0.923 bits per heavy atom. The van der Waals surface area contributed by atoms with Crippen molar-refractivity contribution < 1.29 is 9.59 Å². The molecule has 0 spiro atoms. The number of aryl methyl sites for hydroxylation is 1. The molecule has 0 unspecified atom stereocenters. The minimum atomic E-state index is -0.309. The number of hydrazone groups is 1. The van der Waals surface area contributed by atoms with Crippen molar-refractivity contribution in [1.82, 2.24) is 5.43 Å². The molecule has 6 heteroatoms. The first-order valence-corrected chi connectivity index (χ1v) is 8.85. The Morgan fingerprint density at radius 2 is 1.62 bits per heavy atom. The van der Waals surface area contributed by atoms with Gasteiger partial charge in [-0.25, -0.2) is 5.43 Å². The van der Waals surface area contributed by atoms with Gasteiger partial charge in [-0.3, -0.25) is 9.59 Å². The molecule has 0 saturated heterocycles. The summed E-state index contributed by atoms with van der Waals surface area (Å²) in [6.07, 6.45) is 1.63. The van der Waals surface area contributed by atoms with Gasteiger partial charge in [-0.1, -0.05) is 18.2 Å². The van der Waals surface area contributed by atoms with Crippen LogP contribution in [0.25, 0.3) is 0 Å². The van der Waals surface area contributed by atoms with E-state index in [0.717, 1.165) is 10.4 Å². The first kappa shape index (κ1) is 17.6. The third-order valence-electron chi connectivity index (χ3n) is 3.69. The van der Waals surface area contributed by atoms with Crippen LogP contribution in [0, 0.1) is 6.92 Å². The molecule has 1 aromatic heterocycles. The molecule has 0 bridgehead atoms. The molecule has 0 atom stereocenters. The minimum Gasteiger partial charge on any atom is -0.322 e. The van der Waals surface area contributed by atoms with Crippen LogP contribution in [-0.2, 0) is 0 Å². The number of amides is 2. The largest absolute Gasteiger partial charge is 0.322 e. The number of benzene rings is 2. The number of nitrogens with one attached hydrogen (secondary N) is 2. The van der Waals surface area contributed by atoms with Gasteiger partial charge in [-0.15, -0.1) is 11.3 Å². The summed E-state index contributed by atoms with van der Waals surface area (Å²) >= 11 is 1.56. The molecule has 0 aliphatic rings. The smallest absolute Gasteiger partial charge is 0.271 e. The zero-order valence-corrected chi connectivity index (χ0v) is 14.9. The average molecular weight is 363 g/mol. The van der Waals surface area contributed by atoms with Crippen molar-refractivity contribution in [1.29, 1.82) is 0 Å². The number of hydrogen-bond donors (Lipinski definition) is 2. The molecule has 3 rings (SSSR count). The molecule has 0 aliphatic carbocycles. The summed E-state index contributed by atoms with van der Waals surface area (Å²) in [5.41, 5.74) is 5.27. The van der Waals surface area contributed by atoms with Crippen molar-refractivity contribution in [2.45, 2.75) is 6.92 Å². The van der Waals surface area contributed by atoms with Crippen LogP contribution in [0.2, 0.25) is 0 Å². The van der Waals surface area contributed by atoms with Gasteiger partial charge in [0.2, 0.25) is 0 Å². The molecule has 2 aromatic carbocycles. The van der Waals surface area contributed by atoms with Gasteiger partial charge >= 0.3 is 0 Å². The maximum atomic E-state index is 12.1. The highest BCUT2D eigenvalue weighted by atomic mass is 32.1. The number of thiophene rings is 1. The van der Waals surface area contributed by atoms with E-state index in [1.54, 1.807) is 66.1 Å². The van der Waals surface area contributed by atoms with E-state index in [1.807, 2.05) is 24.4 Å². The molecule has 2 amide bonds. The monoisotopic (exact) mass is 363 g/mol. The first-order chi connectivity index (χ1) is 12.6. The molecule has 0 aliphatic heterocycles. The van der Waals surface area contributed by atoms with E-state index in [2.05, 4.69) is 15.8 Å². The normalized spacial score (nSPS) is 10.7. The molecule has 0 saturated carbocycles. The van der Waals surface area contributed by atoms with Crippen LogP contribution in [0.15, 0.2) is 71.1 Å². The Kier molecular flexibility index (Phi) is 5.56. The van der Waals surface area contributed by atoms with Gasteiger partial charge < -0.3 is 5.32 Å². The van der Waals surface area contributed by atoms with Crippen LogP contribution in [0.1, 0.15) is 31.2 Å². The number of rotatable bonds is 5. The van der Waals surface area contributed by atoms with Gasteiger partial charge in [0.15, 0.2) is 0 Å². The fourth-order valence-corrected chi connectivity index (χ4v) is 3.01. The topological polar surface area (TPSA) is 70.6 Å². The lowest BCUT2D eigenvalue weighted by atomic mass is 10.2. The summed E-state index contributed by atoms with van der Waals surface area (Å²) in [5.74, 6) is -0.505. The Labute approximate surface area is 155 Å². The second kappa shape index (κ2) is 8.22. The highest BCUT2D eigenvalue weighted by molar-refractivity contribution is 7.11. The fraction of sp³-hybridized carbons (Fsp3) is 0.0500. The van der Waals surface area contributed by atoms with Gasteiger partial charge in [0.25, 0.3) is 11.8 Å². The van der Waals surface area contributed by atoms with Crippen molar-refractivity contribution in [2.75, 3.05) is 5.32 Å². The van der Waals surface area contributed by atoms with Crippen molar-refractivity contribution >= 4 is 35.1 Å². The molecule has 0 radical (unpaired) electrons. The fourth-order valence-electron chi connectivity index (χ4n) is 2.23. The van der Waals surface area contributed by atoms with Crippen molar-refractivity contribution in [3.63, 3.8) is 0 Å².